The molecular formula is C21H17BrN4O3. The van der Waals surface area contributed by atoms with Crippen molar-refractivity contribution < 1.29 is 14.7 Å². The Kier molecular flexibility index (Phi) is 4.94. The van der Waals surface area contributed by atoms with Crippen LogP contribution < -0.4 is 10.6 Å². The molecule has 0 aliphatic carbocycles. The van der Waals surface area contributed by atoms with Crippen LogP contribution in [-0.2, 0) is 4.79 Å². The molecule has 4 rings (SSSR count). The minimum absolute atomic E-state index is 0.00414. The van der Waals surface area contributed by atoms with E-state index in [4.69, 9.17) is 0 Å². The molecular weight excluding hydrogens is 436 g/mol. The number of carbonyl (C=O) groups excluding carboxylic acids is 1. The number of allylic oxidation sites excluding steroid dienone is 1. The van der Waals surface area contributed by atoms with Crippen LogP contribution in [-0.4, -0.2) is 26.8 Å². The molecule has 0 spiro atoms. The van der Waals surface area contributed by atoms with Gasteiger partial charge in [-0.05, 0) is 48.4 Å². The molecule has 8 heteroatoms. The lowest BCUT2D eigenvalue weighted by Gasteiger charge is -2.24. The Morgan fingerprint density at radius 2 is 1.97 bits per heavy atom. The number of aliphatic carboxylic acids is 1. The summed E-state index contributed by atoms with van der Waals surface area (Å²) in [6.07, 6.45) is 3.02. The van der Waals surface area contributed by atoms with E-state index in [0.29, 0.717) is 11.5 Å². The van der Waals surface area contributed by atoms with Crippen molar-refractivity contribution in [2.45, 2.75) is 13.0 Å². The molecule has 2 heterocycles. The van der Waals surface area contributed by atoms with Crippen molar-refractivity contribution in [1.29, 1.82) is 0 Å². The zero-order valence-corrected chi connectivity index (χ0v) is 17.0. The van der Waals surface area contributed by atoms with E-state index in [2.05, 4.69) is 31.7 Å². The van der Waals surface area contributed by atoms with Crippen LogP contribution in [0.15, 0.2) is 71.0 Å². The van der Waals surface area contributed by atoms with Crippen molar-refractivity contribution in [1.82, 2.24) is 9.78 Å². The molecule has 0 radical (unpaired) electrons. The average molecular weight is 453 g/mol. The van der Waals surface area contributed by atoms with E-state index in [1.165, 1.54) is 6.20 Å². The molecule has 2 aromatic carbocycles. The summed E-state index contributed by atoms with van der Waals surface area (Å²) in [5.74, 6) is -1.14. The molecule has 29 heavy (non-hydrogen) atoms. The van der Waals surface area contributed by atoms with E-state index in [-0.39, 0.29) is 17.2 Å². The van der Waals surface area contributed by atoms with Gasteiger partial charge < -0.3 is 15.7 Å². The number of benzene rings is 2. The zero-order valence-electron chi connectivity index (χ0n) is 15.4. The third-order valence-electron chi connectivity index (χ3n) is 4.60. The molecule has 1 unspecified atom stereocenters. The summed E-state index contributed by atoms with van der Waals surface area (Å²) >= 11 is 3.40. The maximum Gasteiger partial charge on any atom is 0.352 e. The molecule has 0 bridgehead atoms. The molecule has 0 fully saturated rings. The first kappa shape index (κ1) is 18.9. The second kappa shape index (κ2) is 7.56. The highest BCUT2D eigenvalue weighted by Gasteiger charge is 2.29. The van der Waals surface area contributed by atoms with Crippen LogP contribution in [0.25, 0.3) is 0 Å². The summed E-state index contributed by atoms with van der Waals surface area (Å²) < 4.78 is 2.53. The SMILES string of the molecule is Cc1cccc(NC(=O)c2cnn3c2NC(C(=O)O)=CC3c2ccc(Br)cc2)c1. The first-order valence-corrected chi connectivity index (χ1v) is 9.65. The van der Waals surface area contributed by atoms with Crippen molar-refractivity contribution in [2.24, 2.45) is 0 Å². The monoisotopic (exact) mass is 452 g/mol. The van der Waals surface area contributed by atoms with Crippen LogP contribution in [0.5, 0.6) is 0 Å². The van der Waals surface area contributed by atoms with E-state index in [1.54, 1.807) is 16.8 Å². The van der Waals surface area contributed by atoms with Gasteiger partial charge in [-0.15, -0.1) is 0 Å². The molecule has 0 saturated heterocycles. The van der Waals surface area contributed by atoms with Crippen LogP contribution >= 0.6 is 15.9 Å². The average Bonchev–Trinajstić information content (AvgIpc) is 3.12. The molecule has 1 amide bonds. The van der Waals surface area contributed by atoms with Gasteiger partial charge in [-0.25, -0.2) is 9.48 Å². The van der Waals surface area contributed by atoms with Gasteiger partial charge >= 0.3 is 5.97 Å². The Labute approximate surface area is 175 Å². The van der Waals surface area contributed by atoms with Gasteiger partial charge in [-0.3, -0.25) is 4.79 Å². The van der Waals surface area contributed by atoms with Gasteiger partial charge in [0, 0.05) is 10.2 Å². The number of anilines is 2. The number of fused-ring (bicyclic) bond motifs is 1. The quantitative estimate of drug-likeness (QED) is 0.551. The van der Waals surface area contributed by atoms with Crippen LogP contribution in [0.4, 0.5) is 11.5 Å². The Morgan fingerprint density at radius 3 is 2.66 bits per heavy atom. The second-order valence-corrected chi connectivity index (χ2v) is 7.60. The molecule has 1 aliphatic heterocycles. The molecule has 146 valence electrons. The summed E-state index contributed by atoms with van der Waals surface area (Å²) in [5, 5.41) is 19.6. The standard InChI is InChI=1S/C21H17BrN4O3/c1-12-3-2-4-15(9-12)24-20(27)16-11-23-26-18(13-5-7-14(22)8-6-13)10-17(21(28)29)25-19(16)26/h2-11,18,25H,1H3,(H,24,27)(H,28,29). The molecule has 7 nitrogen and oxygen atoms in total. The van der Waals surface area contributed by atoms with Crippen molar-refractivity contribution in [2.75, 3.05) is 10.6 Å². The first-order valence-electron chi connectivity index (χ1n) is 8.85. The number of amides is 1. The van der Waals surface area contributed by atoms with E-state index < -0.39 is 12.0 Å². The smallest absolute Gasteiger partial charge is 0.352 e. The van der Waals surface area contributed by atoms with Crippen LogP contribution in [0, 0.1) is 6.92 Å². The summed E-state index contributed by atoms with van der Waals surface area (Å²) in [4.78, 5) is 24.5. The Morgan fingerprint density at radius 1 is 1.21 bits per heavy atom. The number of halogens is 1. The highest BCUT2D eigenvalue weighted by atomic mass is 79.9. The fourth-order valence-electron chi connectivity index (χ4n) is 3.20. The number of carbonyl (C=O) groups is 2. The summed E-state index contributed by atoms with van der Waals surface area (Å²) in [6.45, 7) is 1.94. The van der Waals surface area contributed by atoms with Crippen molar-refractivity contribution in [3.8, 4) is 0 Å². The Balaban J connectivity index is 1.72. The van der Waals surface area contributed by atoms with Gasteiger partial charge in [-0.1, -0.05) is 40.2 Å². The lowest BCUT2D eigenvalue weighted by molar-refractivity contribution is -0.132. The fraction of sp³-hybridized carbons (Fsp3) is 0.0952. The molecule has 1 atom stereocenters. The van der Waals surface area contributed by atoms with E-state index >= 15 is 0 Å². The number of rotatable bonds is 4. The predicted octanol–water partition coefficient (Wildman–Crippen LogP) is 4.19. The van der Waals surface area contributed by atoms with E-state index in [1.807, 2.05) is 49.4 Å². The van der Waals surface area contributed by atoms with Crippen LogP contribution in [0.2, 0.25) is 0 Å². The maximum atomic E-state index is 12.8. The number of carboxylic acids is 1. The Hall–Kier alpha value is -3.39. The molecule has 1 aromatic heterocycles. The fourth-order valence-corrected chi connectivity index (χ4v) is 3.47. The second-order valence-electron chi connectivity index (χ2n) is 6.68. The largest absolute Gasteiger partial charge is 0.477 e. The van der Waals surface area contributed by atoms with Gasteiger partial charge in [0.05, 0.1) is 12.2 Å². The van der Waals surface area contributed by atoms with Crippen LogP contribution in [0.1, 0.15) is 27.5 Å². The third kappa shape index (κ3) is 3.79. The molecule has 3 N–H and O–H groups in total. The van der Waals surface area contributed by atoms with E-state index in [9.17, 15) is 14.7 Å². The summed E-state index contributed by atoms with van der Waals surface area (Å²) in [5.41, 5.74) is 2.79. The third-order valence-corrected chi connectivity index (χ3v) is 5.13. The number of aryl methyl sites for hydroxylation is 1. The summed E-state index contributed by atoms with van der Waals surface area (Å²) in [6, 6.07) is 14.5. The lowest BCUT2D eigenvalue weighted by atomic mass is 10.0. The number of hydrogen-bond donors (Lipinski definition) is 3. The van der Waals surface area contributed by atoms with Gasteiger partial charge in [0.25, 0.3) is 5.91 Å². The topological polar surface area (TPSA) is 96.3 Å². The maximum absolute atomic E-state index is 12.8. The van der Waals surface area contributed by atoms with Crippen LogP contribution in [0.3, 0.4) is 0 Å². The number of hydrogen-bond acceptors (Lipinski definition) is 4. The lowest BCUT2D eigenvalue weighted by Crippen LogP contribution is -2.25. The normalized spacial score (nSPS) is 15.1. The minimum Gasteiger partial charge on any atom is -0.477 e. The Bertz CT molecular complexity index is 1140. The van der Waals surface area contributed by atoms with E-state index in [0.717, 1.165) is 15.6 Å². The number of carboxylic acid groups (broad SMARTS) is 1. The van der Waals surface area contributed by atoms with Crippen molar-refractivity contribution in [3.63, 3.8) is 0 Å². The first-order chi connectivity index (χ1) is 13.9. The van der Waals surface area contributed by atoms with Gasteiger partial charge in [0.1, 0.15) is 17.1 Å². The highest BCUT2D eigenvalue weighted by molar-refractivity contribution is 9.10. The molecule has 3 aromatic rings. The van der Waals surface area contributed by atoms with Crippen molar-refractivity contribution >= 4 is 39.3 Å². The molecule has 0 saturated carbocycles. The zero-order chi connectivity index (χ0) is 20.5. The predicted molar refractivity (Wildman–Crippen MR) is 113 cm³/mol. The number of nitrogens with one attached hydrogen (secondary N) is 2. The van der Waals surface area contributed by atoms with Gasteiger partial charge in [0.15, 0.2) is 0 Å². The highest BCUT2D eigenvalue weighted by Crippen LogP contribution is 2.33. The summed E-state index contributed by atoms with van der Waals surface area (Å²) in [7, 11) is 0. The number of nitrogens with zero attached hydrogens (tertiary/aromatic N) is 2. The minimum atomic E-state index is -1.11. The number of aromatic nitrogens is 2. The molecule has 1 aliphatic rings. The van der Waals surface area contributed by atoms with Gasteiger partial charge in [-0.2, -0.15) is 5.10 Å². The van der Waals surface area contributed by atoms with Crippen molar-refractivity contribution in [3.05, 3.63) is 87.7 Å². The van der Waals surface area contributed by atoms with Gasteiger partial charge in [0.2, 0.25) is 0 Å².